The zero-order valence-electron chi connectivity index (χ0n) is 17.2. The number of rotatable bonds is 7. The zero-order valence-corrected chi connectivity index (χ0v) is 18.0. The molecule has 1 aromatic carbocycles. The fourth-order valence-electron chi connectivity index (χ4n) is 3.63. The highest BCUT2D eigenvalue weighted by atomic mass is 32.1. The summed E-state index contributed by atoms with van der Waals surface area (Å²) in [5.41, 5.74) is 1.91. The molecule has 0 spiro atoms. The van der Waals surface area contributed by atoms with Gasteiger partial charge in [0.1, 0.15) is 0 Å². The van der Waals surface area contributed by atoms with Crippen molar-refractivity contribution in [1.82, 2.24) is 10.6 Å². The van der Waals surface area contributed by atoms with Crippen LogP contribution in [0.4, 0.5) is 10.5 Å². The Morgan fingerprint density at radius 1 is 1.17 bits per heavy atom. The number of anilines is 1. The van der Waals surface area contributed by atoms with Crippen molar-refractivity contribution in [2.24, 2.45) is 5.92 Å². The number of carbonyl (C=O) groups is 3. The second kappa shape index (κ2) is 10.2. The first-order valence-electron chi connectivity index (χ1n) is 10.1. The van der Waals surface area contributed by atoms with E-state index >= 15 is 0 Å². The Hall–Kier alpha value is -2.87. The van der Waals surface area contributed by atoms with Crippen LogP contribution in [0, 0.1) is 12.8 Å². The van der Waals surface area contributed by atoms with E-state index in [2.05, 4.69) is 10.6 Å². The normalized spacial score (nSPS) is 18.7. The number of alkyl carbamates (subject to hydrolysis) is 1. The highest BCUT2D eigenvalue weighted by molar-refractivity contribution is 7.10. The number of thiophene rings is 1. The van der Waals surface area contributed by atoms with Crippen molar-refractivity contribution in [3.8, 4) is 0 Å². The van der Waals surface area contributed by atoms with E-state index in [9.17, 15) is 14.4 Å². The largest absolute Gasteiger partial charge is 0.450 e. The van der Waals surface area contributed by atoms with Crippen LogP contribution >= 0.6 is 11.3 Å². The molecule has 0 bridgehead atoms. The van der Waals surface area contributed by atoms with E-state index in [-0.39, 0.29) is 30.3 Å². The van der Waals surface area contributed by atoms with Crippen LogP contribution in [0.2, 0.25) is 0 Å². The third kappa shape index (κ3) is 5.18. The molecule has 0 saturated carbocycles. The molecule has 7 nitrogen and oxygen atoms in total. The van der Waals surface area contributed by atoms with Crippen LogP contribution < -0.4 is 15.5 Å². The Bertz CT molecular complexity index is 867. The number of piperidine rings is 1. The maximum absolute atomic E-state index is 13.0. The Morgan fingerprint density at radius 3 is 2.57 bits per heavy atom. The zero-order chi connectivity index (χ0) is 21.5. The molecule has 1 aliphatic heterocycles. The van der Waals surface area contributed by atoms with Gasteiger partial charge in [-0.2, -0.15) is 0 Å². The molecule has 2 atom stereocenters. The van der Waals surface area contributed by atoms with E-state index in [1.165, 1.54) is 0 Å². The van der Waals surface area contributed by atoms with Crippen molar-refractivity contribution in [3.63, 3.8) is 0 Å². The summed E-state index contributed by atoms with van der Waals surface area (Å²) in [6.07, 6.45) is 0.299. The minimum absolute atomic E-state index is 0.0188. The number of hydrogen-bond donors (Lipinski definition) is 2. The molecule has 2 heterocycles. The van der Waals surface area contributed by atoms with E-state index in [0.29, 0.717) is 26.0 Å². The van der Waals surface area contributed by atoms with Crippen LogP contribution in [0.3, 0.4) is 0 Å². The summed E-state index contributed by atoms with van der Waals surface area (Å²) < 4.78 is 4.81. The maximum atomic E-state index is 13.0. The number of carbonyl (C=O) groups excluding carboxylic acids is 3. The third-order valence-corrected chi connectivity index (χ3v) is 5.99. The summed E-state index contributed by atoms with van der Waals surface area (Å²) in [7, 11) is 0. The fraction of sp³-hybridized carbons (Fsp3) is 0.409. The molecular weight excluding hydrogens is 402 g/mol. The van der Waals surface area contributed by atoms with Gasteiger partial charge < -0.3 is 20.3 Å². The first kappa shape index (κ1) is 21.8. The lowest BCUT2D eigenvalue weighted by atomic mass is 9.86. The summed E-state index contributed by atoms with van der Waals surface area (Å²) in [5.74, 6) is -0.473. The molecule has 1 saturated heterocycles. The molecule has 2 N–H and O–H groups in total. The monoisotopic (exact) mass is 429 g/mol. The number of ether oxygens (including phenoxy) is 1. The molecule has 1 aromatic heterocycles. The molecule has 160 valence electrons. The van der Waals surface area contributed by atoms with Crippen molar-refractivity contribution in [2.75, 3.05) is 24.6 Å². The quantitative estimate of drug-likeness (QED) is 0.661. The molecule has 2 aromatic rings. The van der Waals surface area contributed by atoms with E-state index < -0.39 is 6.09 Å². The van der Waals surface area contributed by atoms with Crippen molar-refractivity contribution in [3.05, 3.63) is 52.2 Å². The highest BCUT2D eigenvalue weighted by Gasteiger charge is 2.41. The molecule has 3 rings (SSSR count). The van der Waals surface area contributed by atoms with E-state index in [1.807, 2.05) is 48.7 Å². The predicted molar refractivity (Wildman–Crippen MR) is 116 cm³/mol. The average molecular weight is 430 g/mol. The van der Waals surface area contributed by atoms with Crippen molar-refractivity contribution in [1.29, 1.82) is 0 Å². The minimum Gasteiger partial charge on any atom is -0.450 e. The smallest absolute Gasteiger partial charge is 0.407 e. The van der Waals surface area contributed by atoms with E-state index in [4.69, 9.17) is 4.74 Å². The standard InChI is InChI=1S/C22H27N3O4S/c1-3-29-22(28)24-13-12-23-21(27)17-10-11-19(26)25(16-8-6-15(2)7-9-16)20(17)18-5-4-14-30-18/h4-9,14,17,20H,3,10-13H2,1-2H3,(H,23,27)(H,24,28). The first-order valence-corrected chi connectivity index (χ1v) is 11.0. The summed E-state index contributed by atoms with van der Waals surface area (Å²) in [4.78, 5) is 40.0. The van der Waals surface area contributed by atoms with Gasteiger partial charge in [0.15, 0.2) is 0 Å². The Labute approximate surface area is 180 Å². The van der Waals surface area contributed by atoms with Crippen LogP contribution in [0.15, 0.2) is 41.8 Å². The van der Waals surface area contributed by atoms with Gasteiger partial charge in [-0.15, -0.1) is 11.3 Å². The van der Waals surface area contributed by atoms with Gasteiger partial charge in [0.05, 0.1) is 18.6 Å². The van der Waals surface area contributed by atoms with Crippen LogP contribution in [0.5, 0.6) is 0 Å². The van der Waals surface area contributed by atoms with Gasteiger partial charge in [-0.05, 0) is 43.8 Å². The molecule has 1 aliphatic rings. The van der Waals surface area contributed by atoms with Crippen LogP contribution in [0.25, 0.3) is 0 Å². The van der Waals surface area contributed by atoms with Gasteiger partial charge in [-0.1, -0.05) is 23.8 Å². The molecule has 30 heavy (non-hydrogen) atoms. The lowest BCUT2D eigenvalue weighted by molar-refractivity contribution is -0.129. The summed E-state index contributed by atoms with van der Waals surface area (Å²) >= 11 is 1.54. The fourth-order valence-corrected chi connectivity index (χ4v) is 4.51. The summed E-state index contributed by atoms with van der Waals surface area (Å²) in [6.45, 7) is 4.60. The maximum Gasteiger partial charge on any atom is 0.407 e. The number of nitrogens with zero attached hydrogens (tertiary/aromatic N) is 1. The highest BCUT2D eigenvalue weighted by Crippen LogP contribution is 2.41. The second-order valence-electron chi connectivity index (χ2n) is 7.14. The number of aryl methyl sites for hydroxylation is 1. The van der Waals surface area contributed by atoms with Crippen molar-refractivity contribution < 1.29 is 19.1 Å². The molecule has 1 fully saturated rings. The van der Waals surface area contributed by atoms with Gasteiger partial charge in [-0.25, -0.2) is 4.79 Å². The number of benzene rings is 1. The van der Waals surface area contributed by atoms with Crippen LogP contribution in [-0.2, 0) is 14.3 Å². The molecule has 8 heteroatoms. The number of hydrogen-bond acceptors (Lipinski definition) is 5. The van der Waals surface area contributed by atoms with Gasteiger partial charge in [0.25, 0.3) is 0 Å². The first-order chi connectivity index (χ1) is 14.5. The number of nitrogens with one attached hydrogen (secondary N) is 2. The summed E-state index contributed by atoms with van der Waals surface area (Å²) in [5, 5.41) is 7.44. The van der Waals surface area contributed by atoms with Crippen LogP contribution in [0.1, 0.15) is 36.2 Å². The lowest BCUT2D eigenvalue weighted by Gasteiger charge is -2.40. The Morgan fingerprint density at radius 2 is 1.90 bits per heavy atom. The summed E-state index contributed by atoms with van der Waals surface area (Å²) in [6, 6.07) is 11.3. The molecule has 0 radical (unpaired) electrons. The second-order valence-corrected chi connectivity index (χ2v) is 8.12. The SMILES string of the molecule is CCOC(=O)NCCNC(=O)C1CCC(=O)N(c2ccc(C)cc2)C1c1cccs1. The molecular formula is C22H27N3O4S. The van der Waals surface area contributed by atoms with Gasteiger partial charge in [-0.3, -0.25) is 9.59 Å². The minimum atomic E-state index is -0.503. The molecule has 0 aliphatic carbocycles. The van der Waals surface area contributed by atoms with Gasteiger partial charge in [0.2, 0.25) is 11.8 Å². The van der Waals surface area contributed by atoms with Gasteiger partial charge >= 0.3 is 6.09 Å². The van der Waals surface area contributed by atoms with Crippen molar-refractivity contribution in [2.45, 2.75) is 32.7 Å². The predicted octanol–water partition coefficient (Wildman–Crippen LogP) is 3.40. The lowest BCUT2D eigenvalue weighted by Crippen LogP contribution is -2.49. The molecule has 3 amide bonds. The van der Waals surface area contributed by atoms with Gasteiger partial charge in [0, 0.05) is 30.1 Å². The number of amides is 3. The average Bonchev–Trinajstić information content (AvgIpc) is 3.26. The van der Waals surface area contributed by atoms with E-state index in [0.717, 1.165) is 16.1 Å². The van der Waals surface area contributed by atoms with Crippen molar-refractivity contribution >= 4 is 34.9 Å². The topological polar surface area (TPSA) is 87.7 Å². The van der Waals surface area contributed by atoms with E-state index in [1.54, 1.807) is 23.2 Å². The third-order valence-electron chi connectivity index (χ3n) is 5.05. The van der Waals surface area contributed by atoms with Crippen LogP contribution in [-0.4, -0.2) is 37.6 Å². The molecule has 2 unspecified atom stereocenters. The Kier molecular flexibility index (Phi) is 7.46. The Balaban J connectivity index is 1.76.